The minimum atomic E-state index is -2.75. The molecule has 1 unspecified atom stereocenters. The van der Waals surface area contributed by atoms with E-state index in [0.29, 0.717) is 39.6 Å². The standard InChI is InChI=1S/C33H35F2N7O3S/c1-20-24(21-4-6-23(7-5-21)45-15-14-40-12-8-22(43)9-13-40)17-25(31(34)35)26-18-42(39-28(20)26)30(32(44)38-33-36-10-16-46-33)29-27-3-2-11-41(27)19-37-29/h4-7,10,16-19,22,30-31,43H,2-3,8-9,11-15H2,1H3,(H,36,38,44). The fourth-order valence-corrected chi connectivity index (χ4v) is 7.02. The number of aliphatic hydroxyl groups excluding tert-OH is 1. The number of hydrogen-bond donors (Lipinski definition) is 2. The fourth-order valence-electron chi connectivity index (χ4n) is 6.49. The van der Waals surface area contributed by atoms with Gasteiger partial charge in [0.05, 0.1) is 23.6 Å². The molecule has 0 spiro atoms. The number of aliphatic hydroxyl groups is 1. The van der Waals surface area contributed by atoms with E-state index in [2.05, 4.69) is 20.2 Å². The van der Waals surface area contributed by atoms with Crippen LogP contribution in [0.2, 0.25) is 0 Å². The number of nitrogens with zero attached hydrogens (tertiary/aromatic N) is 6. The van der Waals surface area contributed by atoms with Gasteiger partial charge < -0.3 is 14.4 Å². The van der Waals surface area contributed by atoms with Crippen LogP contribution in [0, 0.1) is 6.92 Å². The zero-order valence-corrected chi connectivity index (χ0v) is 26.2. The highest BCUT2D eigenvalue weighted by atomic mass is 32.1. The molecule has 1 saturated heterocycles. The van der Waals surface area contributed by atoms with Gasteiger partial charge in [0.1, 0.15) is 12.4 Å². The molecule has 0 saturated carbocycles. The molecule has 46 heavy (non-hydrogen) atoms. The molecule has 0 aliphatic carbocycles. The first-order valence-electron chi connectivity index (χ1n) is 15.5. The molecule has 7 rings (SSSR count). The maximum atomic E-state index is 14.6. The van der Waals surface area contributed by atoms with E-state index in [1.54, 1.807) is 24.1 Å². The van der Waals surface area contributed by atoms with Crippen LogP contribution in [0.1, 0.15) is 54.2 Å². The SMILES string of the molecule is Cc1c(-c2ccc(OCCN3CCC(O)CC3)cc2)cc(C(F)F)c2cn(C(C(=O)Nc3nccs3)c3ncn4c3CCC4)nc12. The molecule has 1 atom stereocenters. The second kappa shape index (κ2) is 12.9. The van der Waals surface area contributed by atoms with Crippen LogP contribution in [0.3, 0.4) is 0 Å². The van der Waals surface area contributed by atoms with Crippen molar-refractivity contribution >= 4 is 33.3 Å². The smallest absolute Gasteiger partial charge is 0.264 e. The Morgan fingerprint density at radius 3 is 2.72 bits per heavy atom. The summed E-state index contributed by atoms with van der Waals surface area (Å²) < 4.78 is 38.7. The van der Waals surface area contributed by atoms with E-state index in [1.165, 1.54) is 22.1 Å². The van der Waals surface area contributed by atoms with Crippen molar-refractivity contribution in [1.29, 1.82) is 0 Å². The van der Waals surface area contributed by atoms with Gasteiger partial charge in [0.25, 0.3) is 12.3 Å². The molecule has 2 N–H and O–H groups in total. The Kier molecular flexibility index (Phi) is 8.54. The quantitative estimate of drug-likeness (QED) is 0.203. The number of aromatic nitrogens is 5. The van der Waals surface area contributed by atoms with Gasteiger partial charge in [-0.1, -0.05) is 12.1 Å². The van der Waals surface area contributed by atoms with E-state index in [4.69, 9.17) is 9.84 Å². The first-order valence-corrected chi connectivity index (χ1v) is 16.4. The number of thiazole rings is 1. The average molecular weight is 648 g/mol. The second-order valence-corrected chi connectivity index (χ2v) is 12.8. The van der Waals surface area contributed by atoms with Gasteiger partial charge in [0.2, 0.25) is 0 Å². The number of amides is 1. The lowest BCUT2D eigenvalue weighted by Gasteiger charge is -2.29. The Balaban J connectivity index is 1.19. The van der Waals surface area contributed by atoms with Crippen molar-refractivity contribution in [3.8, 4) is 16.9 Å². The second-order valence-electron chi connectivity index (χ2n) is 11.9. The fraction of sp³-hybridized carbons (Fsp3) is 0.394. The zero-order chi connectivity index (χ0) is 31.8. The van der Waals surface area contributed by atoms with E-state index in [0.717, 1.165) is 68.7 Å². The predicted molar refractivity (Wildman–Crippen MR) is 171 cm³/mol. The van der Waals surface area contributed by atoms with E-state index >= 15 is 0 Å². The van der Waals surface area contributed by atoms with Crippen molar-refractivity contribution in [2.75, 3.05) is 31.6 Å². The number of carbonyl (C=O) groups excluding carboxylic acids is 1. The molecule has 1 amide bonds. The summed E-state index contributed by atoms with van der Waals surface area (Å²) in [6.07, 6.45) is 5.18. The summed E-state index contributed by atoms with van der Waals surface area (Å²) in [5.74, 6) is 0.306. The summed E-state index contributed by atoms with van der Waals surface area (Å²) >= 11 is 1.29. The average Bonchev–Trinajstić information content (AvgIpc) is 3.86. The third-order valence-corrected chi connectivity index (χ3v) is 9.65. The number of fused-ring (bicyclic) bond motifs is 2. The summed E-state index contributed by atoms with van der Waals surface area (Å²) in [6.45, 7) is 5.68. The molecule has 5 aromatic rings. The highest BCUT2D eigenvalue weighted by Crippen LogP contribution is 2.38. The van der Waals surface area contributed by atoms with Gasteiger partial charge in [-0.3, -0.25) is 19.7 Å². The highest BCUT2D eigenvalue weighted by molar-refractivity contribution is 7.13. The number of rotatable bonds is 10. The third kappa shape index (κ3) is 6.02. The molecule has 13 heteroatoms. The van der Waals surface area contributed by atoms with Gasteiger partial charge in [-0.2, -0.15) is 5.10 Å². The van der Waals surface area contributed by atoms with Crippen LogP contribution in [0.15, 0.2) is 54.4 Å². The van der Waals surface area contributed by atoms with Crippen molar-refractivity contribution in [3.63, 3.8) is 0 Å². The Morgan fingerprint density at radius 2 is 1.98 bits per heavy atom. The number of ether oxygens (including phenoxy) is 1. The molecule has 240 valence electrons. The van der Waals surface area contributed by atoms with Crippen molar-refractivity contribution < 1.29 is 23.4 Å². The number of imidazole rings is 1. The lowest BCUT2D eigenvalue weighted by molar-refractivity contribution is -0.118. The maximum absolute atomic E-state index is 14.6. The zero-order valence-electron chi connectivity index (χ0n) is 25.4. The number of aryl methyl sites for hydroxylation is 2. The van der Waals surface area contributed by atoms with Gasteiger partial charge in [-0.15, -0.1) is 11.3 Å². The van der Waals surface area contributed by atoms with Crippen molar-refractivity contribution in [2.24, 2.45) is 0 Å². The third-order valence-electron chi connectivity index (χ3n) is 8.96. The Morgan fingerprint density at radius 1 is 1.17 bits per heavy atom. The Hall–Kier alpha value is -4.20. The number of carbonyl (C=O) groups is 1. The number of likely N-dealkylation sites (tertiary alicyclic amines) is 1. The molecule has 0 radical (unpaired) electrons. The molecule has 1 fully saturated rings. The minimum Gasteiger partial charge on any atom is -0.492 e. The van der Waals surface area contributed by atoms with Crippen LogP contribution in [0.4, 0.5) is 13.9 Å². The Bertz CT molecular complexity index is 1830. The van der Waals surface area contributed by atoms with Crippen LogP contribution in [-0.2, 0) is 17.8 Å². The molecule has 2 aromatic carbocycles. The molecule has 5 heterocycles. The topological polar surface area (TPSA) is 110 Å². The molecular formula is C33H35F2N7O3S. The summed E-state index contributed by atoms with van der Waals surface area (Å²) in [4.78, 5) is 24.8. The van der Waals surface area contributed by atoms with Crippen LogP contribution in [-0.4, -0.2) is 72.6 Å². The van der Waals surface area contributed by atoms with E-state index < -0.39 is 12.5 Å². The van der Waals surface area contributed by atoms with Gasteiger partial charge >= 0.3 is 0 Å². The van der Waals surface area contributed by atoms with Crippen molar-refractivity contribution in [3.05, 3.63) is 76.9 Å². The molecule has 10 nitrogen and oxygen atoms in total. The number of nitrogens with one attached hydrogen (secondary N) is 1. The van der Waals surface area contributed by atoms with Gasteiger partial charge in [0.15, 0.2) is 11.2 Å². The molecule has 3 aromatic heterocycles. The Labute approximate surface area is 268 Å². The van der Waals surface area contributed by atoms with E-state index in [1.807, 2.05) is 35.8 Å². The van der Waals surface area contributed by atoms with Crippen molar-refractivity contribution in [1.82, 2.24) is 29.2 Å². The van der Waals surface area contributed by atoms with Crippen molar-refractivity contribution in [2.45, 2.75) is 57.7 Å². The number of piperidine rings is 1. The van der Waals surface area contributed by atoms with Crippen LogP contribution in [0.5, 0.6) is 5.75 Å². The maximum Gasteiger partial charge on any atom is 0.264 e. The summed E-state index contributed by atoms with van der Waals surface area (Å²) in [5, 5.41) is 19.9. The van der Waals surface area contributed by atoms with Crippen LogP contribution in [0.25, 0.3) is 22.0 Å². The van der Waals surface area contributed by atoms with Crippen LogP contribution < -0.4 is 10.1 Å². The summed E-state index contributed by atoms with van der Waals surface area (Å²) in [6, 6.07) is 7.98. The lowest BCUT2D eigenvalue weighted by atomic mass is 9.95. The molecule has 0 bridgehead atoms. The molecular weight excluding hydrogens is 612 g/mol. The lowest BCUT2D eigenvalue weighted by Crippen LogP contribution is -2.38. The van der Waals surface area contributed by atoms with Gasteiger partial charge in [-0.25, -0.2) is 18.7 Å². The van der Waals surface area contributed by atoms with Gasteiger partial charge in [0, 0.05) is 60.6 Å². The summed E-state index contributed by atoms with van der Waals surface area (Å²) in [5.41, 5.74) is 3.89. The van der Waals surface area contributed by atoms with E-state index in [-0.39, 0.29) is 17.6 Å². The number of alkyl halides is 2. The van der Waals surface area contributed by atoms with E-state index in [9.17, 15) is 18.7 Å². The first kappa shape index (κ1) is 30.5. The molecule has 2 aliphatic rings. The largest absolute Gasteiger partial charge is 0.492 e. The normalized spacial score (nSPS) is 16.3. The van der Waals surface area contributed by atoms with Gasteiger partial charge in [-0.05, 0) is 67.5 Å². The predicted octanol–water partition coefficient (Wildman–Crippen LogP) is 5.61. The molecule has 2 aliphatic heterocycles. The minimum absolute atomic E-state index is 0.150. The first-order chi connectivity index (χ1) is 22.4. The number of hydrogen-bond acceptors (Lipinski definition) is 8. The number of anilines is 1. The number of halogens is 2. The van der Waals surface area contributed by atoms with Crippen LogP contribution >= 0.6 is 11.3 Å². The monoisotopic (exact) mass is 647 g/mol. The highest BCUT2D eigenvalue weighted by Gasteiger charge is 2.33. The summed E-state index contributed by atoms with van der Waals surface area (Å²) in [7, 11) is 0. The number of benzene rings is 2.